The molecule has 0 heterocycles. The molecule has 1 amide bonds. The topological polar surface area (TPSA) is 89.8 Å². The number of unbranched alkanes of at least 4 members (excludes halogenated alkanes) is 54. The van der Waals surface area contributed by atoms with Crippen molar-refractivity contribution in [2.24, 2.45) is 0 Å². The van der Waals surface area contributed by atoms with Gasteiger partial charge in [0, 0.05) is 0 Å². The van der Waals surface area contributed by atoms with Crippen molar-refractivity contribution < 1.29 is 20.1 Å². The van der Waals surface area contributed by atoms with Crippen molar-refractivity contribution in [3.05, 3.63) is 12.2 Å². The molecular weight excluding hydrogens is 871 g/mol. The summed E-state index contributed by atoms with van der Waals surface area (Å²) >= 11 is 0. The highest BCUT2D eigenvalue weighted by Gasteiger charge is 2.22. The molecule has 0 saturated heterocycles. The van der Waals surface area contributed by atoms with Gasteiger partial charge in [-0.2, -0.15) is 0 Å². The molecule has 4 N–H and O–H groups in total. The van der Waals surface area contributed by atoms with Crippen molar-refractivity contribution in [2.45, 2.75) is 398 Å². The highest BCUT2D eigenvalue weighted by molar-refractivity contribution is 5.80. The monoisotopic (exact) mass is 1000 g/mol. The number of carbonyl (C=O) groups is 1. The van der Waals surface area contributed by atoms with Gasteiger partial charge in [0.05, 0.1) is 18.8 Å². The molecule has 0 radical (unpaired) electrons. The van der Waals surface area contributed by atoms with Crippen LogP contribution in [0.5, 0.6) is 0 Å². The molecule has 3 atom stereocenters. The van der Waals surface area contributed by atoms with E-state index in [2.05, 4.69) is 19.2 Å². The summed E-state index contributed by atoms with van der Waals surface area (Å²) in [6.45, 7) is 4.24. The van der Waals surface area contributed by atoms with Crippen LogP contribution >= 0.6 is 0 Å². The number of hydrogen-bond acceptors (Lipinski definition) is 4. The number of amides is 1. The first-order valence-corrected chi connectivity index (χ1v) is 33.0. The van der Waals surface area contributed by atoms with Gasteiger partial charge in [-0.3, -0.25) is 4.79 Å². The van der Waals surface area contributed by atoms with Crippen LogP contribution in [-0.4, -0.2) is 46.1 Å². The fourth-order valence-corrected chi connectivity index (χ4v) is 10.8. The first-order chi connectivity index (χ1) is 35.1. The maximum Gasteiger partial charge on any atom is 0.249 e. The number of nitrogens with one attached hydrogen (secondary N) is 1. The molecule has 71 heavy (non-hydrogen) atoms. The molecule has 0 rings (SSSR count). The number of allylic oxidation sites excluding steroid dienone is 1. The average molecular weight is 1000 g/mol. The molecule has 5 nitrogen and oxygen atoms in total. The van der Waals surface area contributed by atoms with Gasteiger partial charge in [0.25, 0.3) is 0 Å². The van der Waals surface area contributed by atoms with Crippen LogP contribution in [0, 0.1) is 0 Å². The van der Waals surface area contributed by atoms with Crippen molar-refractivity contribution in [1.29, 1.82) is 0 Å². The number of carbonyl (C=O) groups excluding carboxylic acids is 1. The zero-order chi connectivity index (χ0) is 51.4. The second-order valence-electron chi connectivity index (χ2n) is 23.0. The molecular formula is C66H131NO4. The highest BCUT2D eigenvalue weighted by Crippen LogP contribution is 2.19. The SMILES string of the molecule is CCCCCCCCCCCCCCCCCCCCCCC/C=C/C(O)C(CO)NC(=O)C(O)CCCCCCCCCCCCCCCCCCCCCCCCCCCCCCCCCCCC. The summed E-state index contributed by atoms with van der Waals surface area (Å²) in [5.41, 5.74) is 0. The van der Waals surface area contributed by atoms with Crippen LogP contribution < -0.4 is 5.32 Å². The van der Waals surface area contributed by atoms with Gasteiger partial charge in [-0.15, -0.1) is 0 Å². The first kappa shape index (κ1) is 70.1. The van der Waals surface area contributed by atoms with E-state index >= 15 is 0 Å². The van der Waals surface area contributed by atoms with E-state index in [9.17, 15) is 20.1 Å². The molecule has 0 aliphatic carbocycles. The molecule has 0 bridgehead atoms. The van der Waals surface area contributed by atoms with Crippen molar-refractivity contribution in [3.8, 4) is 0 Å². The Balaban J connectivity index is 3.46. The van der Waals surface area contributed by atoms with Crippen LogP contribution in [0.15, 0.2) is 12.2 Å². The lowest BCUT2D eigenvalue weighted by Gasteiger charge is -2.21. The Hall–Kier alpha value is -0.910. The van der Waals surface area contributed by atoms with E-state index < -0.39 is 24.2 Å². The summed E-state index contributed by atoms with van der Waals surface area (Å²) in [5.74, 6) is -0.494. The minimum Gasteiger partial charge on any atom is -0.394 e. The molecule has 0 fully saturated rings. The van der Waals surface area contributed by atoms with E-state index in [4.69, 9.17) is 0 Å². The van der Waals surface area contributed by atoms with Gasteiger partial charge in [0.2, 0.25) is 5.91 Å². The number of rotatable bonds is 62. The van der Waals surface area contributed by atoms with Gasteiger partial charge in [-0.05, 0) is 19.3 Å². The Labute approximate surface area is 446 Å². The third kappa shape index (κ3) is 56.7. The Morgan fingerprint density at radius 1 is 0.338 bits per heavy atom. The Kier molecular flexibility index (Phi) is 60.8. The zero-order valence-electron chi connectivity index (χ0n) is 48.6. The predicted molar refractivity (Wildman–Crippen MR) is 315 cm³/mol. The molecule has 0 aromatic carbocycles. The lowest BCUT2D eigenvalue weighted by Crippen LogP contribution is -2.48. The van der Waals surface area contributed by atoms with Gasteiger partial charge in [-0.25, -0.2) is 0 Å². The van der Waals surface area contributed by atoms with E-state index in [1.165, 1.54) is 327 Å². The summed E-state index contributed by atoms with van der Waals surface area (Å²) in [6, 6.07) is -0.795. The smallest absolute Gasteiger partial charge is 0.249 e. The average Bonchev–Trinajstić information content (AvgIpc) is 3.38. The molecule has 424 valence electrons. The van der Waals surface area contributed by atoms with E-state index in [1.54, 1.807) is 6.08 Å². The lowest BCUT2D eigenvalue weighted by molar-refractivity contribution is -0.131. The van der Waals surface area contributed by atoms with Crippen molar-refractivity contribution >= 4 is 5.91 Å². The summed E-state index contributed by atoms with van der Waals surface area (Å²) in [6.07, 6.45) is 79.1. The standard InChI is InChI=1S/C66H131NO4/c1-3-5-7-9-11-13-15-17-19-21-23-25-27-28-29-30-31-32-33-34-35-36-37-39-41-43-45-47-49-51-53-55-57-59-61-65(70)66(71)67-63(62-68)64(69)60-58-56-54-52-50-48-46-44-42-40-38-26-24-22-20-18-16-14-12-10-8-6-4-2/h58,60,63-65,68-70H,3-57,59,61-62H2,1-2H3,(H,67,71)/b60-58+. The molecule has 0 aliphatic rings. The van der Waals surface area contributed by atoms with E-state index in [0.717, 1.165) is 32.1 Å². The van der Waals surface area contributed by atoms with Crippen LogP contribution in [0.1, 0.15) is 380 Å². The quantitative estimate of drug-likeness (QED) is 0.0361. The van der Waals surface area contributed by atoms with E-state index in [0.29, 0.717) is 6.42 Å². The molecule has 0 aromatic heterocycles. The first-order valence-electron chi connectivity index (χ1n) is 33.0. The number of aliphatic hydroxyl groups is 3. The van der Waals surface area contributed by atoms with Gasteiger partial charge in [0.15, 0.2) is 0 Å². The Morgan fingerprint density at radius 2 is 0.549 bits per heavy atom. The van der Waals surface area contributed by atoms with Gasteiger partial charge in [0.1, 0.15) is 6.10 Å². The van der Waals surface area contributed by atoms with Crippen LogP contribution in [0.4, 0.5) is 0 Å². The summed E-state index contributed by atoms with van der Waals surface area (Å²) in [5, 5.41) is 33.5. The van der Waals surface area contributed by atoms with Crippen molar-refractivity contribution in [2.75, 3.05) is 6.61 Å². The van der Waals surface area contributed by atoms with Crippen molar-refractivity contribution in [3.63, 3.8) is 0 Å². The highest BCUT2D eigenvalue weighted by atomic mass is 16.3. The fourth-order valence-electron chi connectivity index (χ4n) is 10.8. The van der Waals surface area contributed by atoms with Gasteiger partial charge in [-0.1, -0.05) is 373 Å². The second kappa shape index (κ2) is 61.6. The third-order valence-electron chi connectivity index (χ3n) is 15.9. The van der Waals surface area contributed by atoms with Gasteiger partial charge >= 0.3 is 0 Å². The minimum absolute atomic E-state index is 0.358. The molecule has 0 saturated carbocycles. The molecule has 0 aromatic rings. The third-order valence-corrected chi connectivity index (χ3v) is 15.9. The normalized spacial score (nSPS) is 13.1. The summed E-state index contributed by atoms with van der Waals surface area (Å²) in [4.78, 5) is 12.6. The summed E-state index contributed by atoms with van der Waals surface area (Å²) < 4.78 is 0. The molecule has 0 spiro atoms. The Bertz CT molecular complexity index is 1020. The molecule has 3 unspecified atom stereocenters. The van der Waals surface area contributed by atoms with Crippen LogP contribution in [0.25, 0.3) is 0 Å². The number of hydrogen-bond donors (Lipinski definition) is 4. The number of aliphatic hydroxyl groups excluding tert-OH is 3. The largest absolute Gasteiger partial charge is 0.394 e. The lowest BCUT2D eigenvalue weighted by atomic mass is 10.0. The van der Waals surface area contributed by atoms with E-state index in [1.807, 2.05) is 6.08 Å². The maximum absolute atomic E-state index is 12.6. The molecule has 0 aliphatic heterocycles. The summed E-state index contributed by atoms with van der Waals surface area (Å²) in [7, 11) is 0. The van der Waals surface area contributed by atoms with Crippen LogP contribution in [0.3, 0.4) is 0 Å². The Morgan fingerprint density at radius 3 is 0.775 bits per heavy atom. The second-order valence-corrected chi connectivity index (χ2v) is 23.0. The van der Waals surface area contributed by atoms with Crippen LogP contribution in [-0.2, 0) is 4.79 Å². The van der Waals surface area contributed by atoms with Gasteiger partial charge < -0.3 is 20.6 Å². The molecule has 5 heteroatoms. The van der Waals surface area contributed by atoms with Crippen LogP contribution in [0.2, 0.25) is 0 Å². The predicted octanol–water partition coefficient (Wildman–Crippen LogP) is 21.0. The fraction of sp³-hybridized carbons (Fsp3) is 0.955. The maximum atomic E-state index is 12.6. The van der Waals surface area contributed by atoms with Crippen molar-refractivity contribution in [1.82, 2.24) is 5.32 Å². The zero-order valence-corrected chi connectivity index (χ0v) is 48.6. The minimum atomic E-state index is -1.09. The van der Waals surface area contributed by atoms with E-state index in [-0.39, 0.29) is 6.61 Å².